The number of aliphatic carboxylic acids is 1. The molecular weight excluding hydrogens is 359 g/mol. The van der Waals surface area contributed by atoms with Crippen molar-refractivity contribution in [1.82, 2.24) is 15.2 Å². The lowest BCUT2D eigenvalue weighted by molar-refractivity contribution is -0.133. The Kier molecular flexibility index (Phi) is 5.34. The van der Waals surface area contributed by atoms with Crippen LogP contribution in [-0.2, 0) is 4.79 Å². The van der Waals surface area contributed by atoms with E-state index >= 15 is 0 Å². The Morgan fingerprint density at radius 3 is 2.76 bits per heavy atom. The fourth-order valence-corrected chi connectivity index (χ4v) is 3.09. The quantitative estimate of drug-likeness (QED) is 0.477. The molecule has 21 heavy (non-hydrogen) atoms. The third-order valence-corrected chi connectivity index (χ3v) is 4.46. The second-order valence-electron chi connectivity index (χ2n) is 3.48. The third-order valence-electron chi connectivity index (χ3n) is 2.01. The first-order valence-corrected chi connectivity index (χ1v) is 7.83. The van der Waals surface area contributed by atoms with Gasteiger partial charge in [-0.3, -0.25) is 14.9 Å². The van der Waals surface area contributed by atoms with E-state index in [2.05, 4.69) is 20.5 Å². The van der Waals surface area contributed by atoms with Crippen molar-refractivity contribution in [2.75, 3.05) is 11.1 Å². The van der Waals surface area contributed by atoms with Crippen LogP contribution in [0.3, 0.4) is 0 Å². The van der Waals surface area contributed by atoms with E-state index in [0.29, 0.717) is 4.34 Å². The van der Waals surface area contributed by atoms with Gasteiger partial charge in [0, 0.05) is 0 Å². The van der Waals surface area contributed by atoms with Crippen molar-refractivity contribution in [3.63, 3.8) is 0 Å². The predicted octanol–water partition coefficient (Wildman–Crippen LogP) is 2.67. The van der Waals surface area contributed by atoms with E-state index in [9.17, 15) is 9.59 Å². The van der Waals surface area contributed by atoms with Crippen LogP contribution in [0.25, 0.3) is 0 Å². The van der Waals surface area contributed by atoms with Crippen molar-refractivity contribution in [3.05, 3.63) is 28.0 Å². The number of nitrogens with one attached hydrogen (secondary N) is 1. The number of hydrogen-bond donors (Lipinski definition) is 2. The highest BCUT2D eigenvalue weighted by molar-refractivity contribution is 8.01. The lowest BCUT2D eigenvalue weighted by atomic mass is 10.3. The van der Waals surface area contributed by atoms with Gasteiger partial charge < -0.3 is 5.11 Å². The molecule has 2 heterocycles. The number of thioether (sulfide) groups is 1. The monoisotopic (exact) mass is 364 g/mol. The van der Waals surface area contributed by atoms with Gasteiger partial charge >= 0.3 is 5.97 Å². The van der Waals surface area contributed by atoms with Crippen LogP contribution in [0.1, 0.15) is 10.4 Å². The van der Waals surface area contributed by atoms with Crippen molar-refractivity contribution in [2.24, 2.45) is 0 Å². The molecule has 110 valence electrons. The number of carboxylic acid groups (broad SMARTS) is 1. The summed E-state index contributed by atoms with van der Waals surface area (Å²) < 4.78 is 0.438. The van der Waals surface area contributed by atoms with Crippen LogP contribution in [0.15, 0.2) is 16.5 Å². The summed E-state index contributed by atoms with van der Waals surface area (Å²) in [6.45, 7) is 0. The van der Waals surface area contributed by atoms with Crippen LogP contribution in [0.5, 0.6) is 0 Å². The maximum atomic E-state index is 12.0. The molecule has 0 radical (unpaired) electrons. The van der Waals surface area contributed by atoms with Crippen molar-refractivity contribution in [1.29, 1.82) is 0 Å². The summed E-state index contributed by atoms with van der Waals surface area (Å²) in [6.07, 6.45) is 0. The molecule has 0 bridgehead atoms. The van der Waals surface area contributed by atoms with Gasteiger partial charge in [0.2, 0.25) is 5.13 Å². The van der Waals surface area contributed by atoms with Gasteiger partial charge in [-0.05, 0) is 12.1 Å². The number of carboxylic acids is 1. The molecule has 0 aliphatic heterocycles. The second-order valence-corrected chi connectivity index (χ2v) is 6.43. The van der Waals surface area contributed by atoms with Crippen LogP contribution in [0.2, 0.25) is 10.3 Å². The summed E-state index contributed by atoms with van der Waals surface area (Å²) in [7, 11) is 0. The Morgan fingerprint density at radius 2 is 2.10 bits per heavy atom. The van der Waals surface area contributed by atoms with E-state index in [4.69, 9.17) is 28.3 Å². The van der Waals surface area contributed by atoms with Crippen LogP contribution < -0.4 is 5.32 Å². The zero-order valence-corrected chi connectivity index (χ0v) is 13.2. The molecule has 1 amide bonds. The van der Waals surface area contributed by atoms with Gasteiger partial charge in [-0.1, -0.05) is 46.3 Å². The van der Waals surface area contributed by atoms with E-state index in [-0.39, 0.29) is 26.8 Å². The smallest absolute Gasteiger partial charge is 0.313 e. The summed E-state index contributed by atoms with van der Waals surface area (Å²) in [5, 5.41) is 19.0. The summed E-state index contributed by atoms with van der Waals surface area (Å²) in [4.78, 5) is 26.2. The zero-order chi connectivity index (χ0) is 15.4. The average Bonchev–Trinajstić information content (AvgIpc) is 2.83. The summed E-state index contributed by atoms with van der Waals surface area (Å²) in [6, 6.07) is 2.88. The van der Waals surface area contributed by atoms with Gasteiger partial charge in [0.15, 0.2) is 4.34 Å². The number of carbonyl (C=O) groups excluding carboxylic acids is 1. The SMILES string of the molecule is O=C(O)CSc1nnc(NC(=O)c2ccc(Cl)nc2Cl)s1. The number of pyridine rings is 1. The van der Waals surface area contributed by atoms with Crippen molar-refractivity contribution >= 4 is 63.3 Å². The number of carbonyl (C=O) groups is 2. The summed E-state index contributed by atoms with van der Waals surface area (Å²) >= 11 is 13.5. The standard InChI is InChI=1S/C10H6Cl2N4O3S2/c11-5-2-1-4(7(12)13-5)8(19)14-9-15-16-10(21-9)20-3-6(17)18/h1-2H,3H2,(H,17,18)(H,14,15,19). The zero-order valence-electron chi connectivity index (χ0n) is 10.0. The average molecular weight is 365 g/mol. The summed E-state index contributed by atoms with van der Waals surface area (Å²) in [5.41, 5.74) is 0.149. The molecule has 0 atom stereocenters. The van der Waals surface area contributed by atoms with Gasteiger partial charge in [0.1, 0.15) is 10.3 Å². The Hall–Kier alpha value is -1.42. The van der Waals surface area contributed by atoms with E-state index in [1.54, 1.807) is 0 Å². The topological polar surface area (TPSA) is 105 Å². The molecule has 11 heteroatoms. The number of nitrogens with zero attached hydrogens (tertiary/aromatic N) is 3. The van der Waals surface area contributed by atoms with Gasteiger partial charge in [-0.2, -0.15) is 0 Å². The lowest BCUT2D eigenvalue weighted by Crippen LogP contribution is -2.12. The Balaban J connectivity index is 2.04. The lowest BCUT2D eigenvalue weighted by Gasteiger charge is -2.02. The second kappa shape index (κ2) is 7.03. The molecule has 0 aliphatic carbocycles. The molecular formula is C10H6Cl2N4O3S2. The molecule has 0 unspecified atom stereocenters. The van der Waals surface area contributed by atoms with Gasteiger partial charge in [-0.15, -0.1) is 10.2 Å². The third kappa shape index (κ3) is 4.53. The molecule has 2 aromatic rings. The van der Waals surface area contributed by atoms with E-state index in [0.717, 1.165) is 23.1 Å². The van der Waals surface area contributed by atoms with Crippen LogP contribution in [-0.4, -0.2) is 37.9 Å². The molecule has 2 rings (SSSR count). The normalized spacial score (nSPS) is 10.4. The molecule has 0 saturated heterocycles. The minimum absolute atomic E-state index is 0.0232. The Morgan fingerprint density at radius 1 is 1.33 bits per heavy atom. The predicted molar refractivity (Wildman–Crippen MR) is 80.5 cm³/mol. The summed E-state index contributed by atoms with van der Waals surface area (Å²) in [5.74, 6) is -1.59. The van der Waals surface area contributed by atoms with E-state index in [1.165, 1.54) is 12.1 Å². The highest BCUT2D eigenvalue weighted by atomic mass is 35.5. The van der Waals surface area contributed by atoms with Gasteiger partial charge in [0.25, 0.3) is 5.91 Å². The minimum atomic E-state index is -0.959. The molecule has 0 fully saturated rings. The van der Waals surface area contributed by atoms with Crippen LogP contribution >= 0.6 is 46.3 Å². The van der Waals surface area contributed by atoms with E-state index in [1.807, 2.05) is 0 Å². The molecule has 0 aliphatic rings. The van der Waals surface area contributed by atoms with E-state index < -0.39 is 11.9 Å². The van der Waals surface area contributed by atoms with Crippen molar-refractivity contribution < 1.29 is 14.7 Å². The maximum Gasteiger partial charge on any atom is 0.313 e. The Bertz CT molecular complexity index is 695. The maximum absolute atomic E-state index is 12.0. The first-order valence-electron chi connectivity index (χ1n) is 5.27. The number of halogens is 2. The molecule has 0 aromatic carbocycles. The highest BCUT2D eigenvalue weighted by Crippen LogP contribution is 2.26. The van der Waals surface area contributed by atoms with Crippen molar-refractivity contribution in [2.45, 2.75) is 4.34 Å². The fourth-order valence-electron chi connectivity index (χ4n) is 1.19. The number of rotatable bonds is 5. The van der Waals surface area contributed by atoms with Gasteiger partial charge in [0.05, 0.1) is 11.3 Å². The Labute approximate surface area is 136 Å². The molecule has 0 spiro atoms. The number of aromatic nitrogens is 3. The van der Waals surface area contributed by atoms with Crippen LogP contribution in [0, 0.1) is 0 Å². The molecule has 7 nitrogen and oxygen atoms in total. The molecule has 0 saturated carbocycles. The fraction of sp³-hybridized carbons (Fsp3) is 0.100. The van der Waals surface area contributed by atoms with Crippen LogP contribution in [0.4, 0.5) is 5.13 Å². The number of amides is 1. The highest BCUT2D eigenvalue weighted by Gasteiger charge is 2.15. The largest absolute Gasteiger partial charge is 0.481 e. The molecule has 2 aromatic heterocycles. The first kappa shape index (κ1) is 16.0. The first-order chi connectivity index (χ1) is 9.95. The minimum Gasteiger partial charge on any atom is -0.481 e. The molecule has 2 N–H and O–H groups in total. The van der Waals surface area contributed by atoms with Crippen molar-refractivity contribution in [3.8, 4) is 0 Å². The number of hydrogen-bond acceptors (Lipinski definition) is 7. The number of anilines is 1. The van der Waals surface area contributed by atoms with Gasteiger partial charge in [-0.25, -0.2) is 4.98 Å².